The Bertz CT molecular complexity index is 502. The highest BCUT2D eigenvalue weighted by Gasteiger charge is 2.06. The average molecular weight is 282 g/mol. The Balaban J connectivity index is 1.96. The summed E-state index contributed by atoms with van der Waals surface area (Å²) >= 11 is 11.9. The first-order valence-electron chi connectivity index (χ1n) is 5.66. The molecule has 0 amide bonds. The van der Waals surface area contributed by atoms with Gasteiger partial charge in [0.15, 0.2) is 0 Å². The molecule has 0 saturated carbocycles. The van der Waals surface area contributed by atoms with Crippen LogP contribution in [0.5, 0.6) is 5.75 Å². The summed E-state index contributed by atoms with van der Waals surface area (Å²) in [7, 11) is 0. The molecule has 18 heavy (non-hydrogen) atoms. The summed E-state index contributed by atoms with van der Waals surface area (Å²) < 4.78 is 5.72. The van der Waals surface area contributed by atoms with Gasteiger partial charge >= 0.3 is 0 Å². The van der Waals surface area contributed by atoms with Crippen LogP contribution in [0.4, 0.5) is 0 Å². The lowest BCUT2D eigenvalue weighted by Gasteiger charge is -2.11. The predicted octanol–water partition coefficient (Wildman–Crippen LogP) is 4.10. The van der Waals surface area contributed by atoms with Crippen molar-refractivity contribution >= 4 is 23.2 Å². The Morgan fingerprint density at radius 3 is 2.61 bits per heavy atom. The molecule has 0 bridgehead atoms. The summed E-state index contributed by atoms with van der Waals surface area (Å²) in [5.41, 5.74) is 2.04. The molecule has 0 unspecified atom stereocenters. The number of hydrogen-bond acceptors (Lipinski definition) is 2. The van der Waals surface area contributed by atoms with E-state index in [-0.39, 0.29) is 0 Å². The molecule has 0 radical (unpaired) electrons. The summed E-state index contributed by atoms with van der Waals surface area (Å²) in [6.07, 6.45) is 4.38. The predicted molar refractivity (Wildman–Crippen MR) is 74.4 cm³/mol. The molecular weight excluding hydrogens is 269 g/mol. The summed E-state index contributed by atoms with van der Waals surface area (Å²) in [6, 6.07) is 9.51. The molecule has 4 heteroatoms. The van der Waals surface area contributed by atoms with E-state index in [1.165, 1.54) is 5.56 Å². The van der Waals surface area contributed by atoms with Gasteiger partial charge in [0.2, 0.25) is 0 Å². The Morgan fingerprint density at radius 1 is 1.11 bits per heavy atom. The van der Waals surface area contributed by atoms with Crippen LogP contribution in [-0.2, 0) is 12.3 Å². The number of ether oxygens (including phenoxy) is 1. The second-order valence-electron chi connectivity index (χ2n) is 3.80. The lowest BCUT2D eigenvalue weighted by atomic mass is 10.2. The van der Waals surface area contributed by atoms with E-state index >= 15 is 0 Å². The van der Waals surface area contributed by atoms with E-state index in [2.05, 4.69) is 4.98 Å². The zero-order valence-electron chi connectivity index (χ0n) is 9.77. The van der Waals surface area contributed by atoms with Crippen molar-refractivity contribution in [2.45, 2.75) is 12.3 Å². The van der Waals surface area contributed by atoms with Crippen molar-refractivity contribution in [1.82, 2.24) is 4.98 Å². The van der Waals surface area contributed by atoms with Gasteiger partial charge in [-0.25, -0.2) is 0 Å². The molecule has 0 spiro atoms. The topological polar surface area (TPSA) is 22.1 Å². The molecule has 0 fully saturated rings. The van der Waals surface area contributed by atoms with E-state index in [1.54, 1.807) is 12.4 Å². The molecule has 0 saturated heterocycles. The molecule has 1 heterocycles. The minimum absolute atomic E-state index is 0.351. The van der Waals surface area contributed by atoms with Crippen LogP contribution in [0.3, 0.4) is 0 Å². The third-order valence-electron chi connectivity index (χ3n) is 2.61. The highest BCUT2D eigenvalue weighted by atomic mass is 35.5. The van der Waals surface area contributed by atoms with Crippen molar-refractivity contribution in [3.05, 3.63) is 58.9 Å². The van der Waals surface area contributed by atoms with Crippen LogP contribution in [0.25, 0.3) is 0 Å². The quantitative estimate of drug-likeness (QED) is 0.770. The highest BCUT2D eigenvalue weighted by molar-refractivity contribution is 6.32. The number of halogens is 2. The Hall–Kier alpha value is -1.25. The molecule has 0 N–H and O–H groups in total. The molecule has 2 rings (SSSR count). The molecule has 0 aliphatic rings. The number of nitrogens with zero attached hydrogens (tertiary/aromatic N) is 1. The summed E-state index contributed by atoms with van der Waals surface area (Å²) in [5.74, 6) is 1.11. The summed E-state index contributed by atoms with van der Waals surface area (Å²) in [4.78, 5) is 3.97. The molecule has 0 aliphatic carbocycles. The van der Waals surface area contributed by atoms with Crippen molar-refractivity contribution < 1.29 is 4.74 Å². The van der Waals surface area contributed by atoms with Crippen molar-refractivity contribution in [3.63, 3.8) is 0 Å². The fourth-order valence-corrected chi connectivity index (χ4v) is 2.21. The van der Waals surface area contributed by atoms with Gasteiger partial charge in [-0.15, -0.1) is 11.6 Å². The van der Waals surface area contributed by atoms with Gasteiger partial charge in [-0.05, 0) is 29.8 Å². The van der Waals surface area contributed by atoms with Gasteiger partial charge in [0.25, 0.3) is 0 Å². The summed E-state index contributed by atoms with van der Waals surface area (Å²) in [5, 5.41) is 0.645. The molecule has 0 aliphatic heterocycles. The maximum atomic E-state index is 6.05. The zero-order valence-corrected chi connectivity index (χ0v) is 11.3. The number of aromatic nitrogens is 1. The van der Waals surface area contributed by atoms with Crippen LogP contribution in [0.2, 0.25) is 5.02 Å². The van der Waals surface area contributed by atoms with Crippen LogP contribution >= 0.6 is 23.2 Å². The van der Waals surface area contributed by atoms with E-state index < -0.39 is 0 Å². The Kier molecular flexibility index (Phi) is 4.85. The first kappa shape index (κ1) is 13.2. The normalized spacial score (nSPS) is 10.3. The lowest BCUT2D eigenvalue weighted by molar-refractivity contribution is 0.319. The molecule has 0 atom stereocenters. The van der Waals surface area contributed by atoms with E-state index in [0.717, 1.165) is 17.7 Å². The van der Waals surface area contributed by atoms with Gasteiger partial charge < -0.3 is 4.74 Å². The first-order valence-corrected chi connectivity index (χ1v) is 6.57. The monoisotopic (exact) mass is 281 g/mol. The van der Waals surface area contributed by atoms with Crippen LogP contribution in [-0.4, -0.2) is 11.6 Å². The molecule has 2 nitrogen and oxygen atoms in total. The zero-order chi connectivity index (χ0) is 12.8. The van der Waals surface area contributed by atoms with E-state index in [4.69, 9.17) is 27.9 Å². The van der Waals surface area contributed by atoms with Crippen molar-refractivity contribution in [2.24, 2.45) is 0 Å². The summed E-state index contributed by atoms with van der Waals surface area (Å²) in [6.45, 7) is 0.592. The van der Waals surface area contributed by atoms with Gasteiger partial charge in [-0.1, -0.05) is 17.7 Å². The van der Waals surface area contributed by atoms with E-state index in [1.807, 2.05) is 30.3 Å². The van der Waals surface area contributed by atoms with Gasteiger partial charge in [-0.3, -0.25) is 4.98 Å². The highest BCUT2D eigenvalue weighted by Crippen LogP contribution is 2.27. The number of rotatable bonds is 5. The van der Waals surface area contributed by atoms with Crippen molar-refractivity contribution in [2.75, 3.05) is 6.61 Å². The maximum absolute atomic E-state index is 6.05. The minimum atomic E-state index is 0.351. The Labute approximate surface area is 117 Å². The minimum Gasteiger partial charge on any atom is -0.493 e. The SMILES string of the molecule is ClCc1c(Cl)cccc1OCCc1ccncc1. The molecule has 2 aromatic rings. The second kappa shape index (κ2) is 6.62. The lowest BCUT2D eigenvalue weighted by Crippen LogP contribution is -2.03. The van der Waals surface area contributed by atoms with Crippen molar-refractivity contribution in [1.29, 1.82) is 0 Å². The van der Waals surface area contributed by atoms with Gasteiger partial charge in [-0.2, -0.15) is 0 Å². The van der Waals surface area contributed by atoms with Crippen molar-refractivity contribution in [3.8, 4) is 5.75 Å². The molecular formula is C14H13Cl2NO. The fourth-order valence-electron chi connectivity index (χ4n) is 1.63. The fraction of sp³-hybridized carbons (Fsp3) is 0.214. The maximum Gasteiger partial charge on any atom is 0.125 e. The molecule has 1 aromatic heterocycles. The standard InChI is InChI=1S/C14H13Cl2NO/c15-10-12-13(16)2-1-3-14(12)18-9-6-11-4-7-17-8-5-11/h1-5,7-8H,6,9-10H2. The van der Waals surface area contributed by atoms with Gasteiger partial charge in [0, 0.05) is 29.4 Å². The third-order valence-corrected chi connectivity index (χ3v) is 3.23. The Morgan fingerprint density at radius 2 is 1.89 bits per heavy atom. The number of hydrogen-bond donors (Lipinski definition) is 0. The second-order valence-corrected chi connectivity index (χ2v) is 4.48. The largest absolute Gasteiger partial charge is 0.493 e. The average Bonchev–Trinajstić information content (AvgIpc) is 2.40. The van der Waals surface area contributed by atoms with Crippen LogP contribution < -0.4 is 4.74 Å². The smallest absolute Gasteiger partial charge is 0.125 e. The third kappa shape index (κ3) is 3.37. The molecule has 94 valence electrons. The number of benzene rings is 1. The number of alkyl halides is 1. The first-order chi connectivity index (χ1) is 8.81. The van der Waals surface area contributed by atoms with E-state index in [9.17, 15) is 0 Å². The van der Waals surface area contributed by atoms with Crippen LogP contribution in [0, 0.1) is 0 Å². The molecule has 1 aromatic carbocycles. The van der Waals surface area contributed by atoms with Crippen LogP contribution in [0.1, 0.15) is 11.1 Å². The van der Waals surface area contributed by atoms with E-state index in [0.29, 0.717) is 17.5 Å². The van der Waals surface area contributed by atoms with Gasteiger partial charge in [0.1, 0.15) is 5.75 Å². The van der Waals surface area contributed by atoms with Crippen LogP contribution in [0.15, 0.2) is 42.7 Å². The number of pyridine rings is 1. The van der Waals surface area contributed by atoms with Gasteiger partial charge in [0.05, 0.1) is 12.5 Å².